The lowest BCUT2D eigenvalue weighted by Gasteiger charge is -2.24. The van der Waals surface area contributed by atoms with Crippen LogP contribution in [0.4, 0.5) is 0 Å². The van der Waals surface area contributed by atoms with Gasteiger partial charge in [0, 0.05) is 45.3 Å². The molecule has 0 aliphatic carbocycles. The number of ether oxygens (including phenoxy) is 1. The van der Waals surface area contributed by atoms with Crippen molar-refractivity contribution in [1.29, 1.82) is 0 Å². The molecule has 1 atom stereocenters. The summed E-state index contributed by atoms with van der Waals surface area (Å²) >= 11 is 0. The SMILES string of the molecule is CN=C(NCc1ccnc(-n2cccn2)c1)NCC1(C)CCCO1.I. The van der Waals surface area contributed by atoms with E-state index in [4.69, 9.17) is 4.74 Å². The molecule has 1 unspecified atom stereocenters. The molecular weight excluding hydrogens is 431 g/mol. The van der Waals surface area contributed by atoms with E-state index >= 15 is 0 Å². The Morgan fingerprint density at radius 2 is 2.28 bits per heavy atom. The molecule has 7 nitrogen and oxygen atoms in total. The molecule has 2 N–H and O–H groups in total. The molecule has 1 aliphatic rings. The molecule has 0 saturated carbocycles. The minimum absolute atomic E-state index is 0. The van der Waals surface area contributed by atoms with Crippen LogP contribution in [0.1, 0.15) is 25.3 Å². The first kappa shape index (κ1) is 19.6. The number of aliphatic imine (C=N–C) groups is 1. The molecule has 2 aromatic rings. The van der Waals surface area contributed by atoms with E-state index in [9.17, 15) is 0 Å². The molecule has 136 valence electrons. The Kier molecular flexibility index (Phi) is 7.18. The number of hydrogen-bond donors (Lipinski definition) is 2. The Morgan fingerprint density at radius 3 is 2.96 bits per heavy atom. The molecule has 1 aliphatic heterocycles. The maximum absolute atomic E-state index is 5.79. The van der Waals surface area contributed by atoms with Crippen molar-refractivity contribution in [3.63, 3.8) is 0 Å². The number of nitrogens with one attached hydrogen (secondary N) is 2. The van der Waals surface area contributed by atoms with Crippen LogP contribution >= 0.6 is 24.0 Å². The van der Waals surface area contributed by atoms with Crippen molar-refractivity contribution in [2.45, 2.75) is 31.9 Å². The number of aromatic nitrogens is 3. The minimum atomic E-state index is -0.0957. The quantitative estimate of drug-likeness (QED) is 0.410. The Labute approximate surface area is 165 Å². The third kappa shape index (κ3) is 5.40. The van der Waals surface area contributed by atoms with Crippen LogP contribution in [0.25, 0.3) is 5.82 Å². The van der Waals surface area contributed by atoms with Crippen molar-refractivity contribution in [2.75, 3.05) is 20.2 Å². The fourth-order valence-electron chi connectivity index (χ4n) is 2.75. The van der Waals surface area contributed by atoms with Crippen molar-refractivity contribution >= 4 is 29.9 Å². The molecule has 0 bridgehead atoms. The first-order valence-electron chi connectivity index (χ1n) is 8.22. The zero-order valence-electron chi connectivity index (χ0n) is 14.6. The van der Waals surface area contributed by atoms with Crippen LogP contribution in [0.5, 0.6) is 0 Å². The van der Waals surface area contributed by atoms with E-state index in [0.717, 1.165) is 43.3 Å². The Bertz CT molecular complexity index is 682. The van der Waals surface area contributed by atoms with Gasteiger partial charge in [-0.15, -0.1) is 24.0 Å². The number of rotatable bonds is 5. The monoisotopic (exact) mass is 456 g/mol. The molecule has 3 rings (SSSR count). The van der Waals surface area contributed by atoms with Gasteiger partial charge in [0.05, 0.1) is 5.60 Å². The highest BCUT2D eigenvalue weighted by Crippen LogP contribution is 2.23. The summed E-state index contributed by atoms with van der Waals surface area (Å²) in [5.74, 6) is 1.57. The highest BCUT2D eigenvalue weighted by atomic mass is 127. The number of hydrogen-bond acceptors (Lipinski definition) is 4. The van der Waals surface area contributed by atoms with E-state index in [1.165, 1.54) is 0 Å². The van der Waals surface area contributed by atoms with Gasteiger partial charge in [0.1, 0.15) is 0 Å². The van der Waals surface area contributed by atoms with E-state index < -0.39 is 0 Å². The highest BCUT2D eigenvalue weighted by Gasteiger charge is 2.29. The molecule has 8 heteroatoms. The fourth-order valence-corrected chi connectivity index (χ4v) is 2.75. The standard InChI is InChI=1S/C17H24N6O.HI/c1-17(6-3-10-24-17)13-21-16(18-2)20-12-14-5-8-19-15(11-14)23-9-4-7-22-23;/h4-5,7-9,11H,3,6,10,12-13H2,1-2H3,(H2,18,20,21);1H. The van der Waals surface area contributed by atoms with Crippen molar-refractivity contribution in [3.8, 4) is 5.82 Å². The Hall–Kier alpha value is -1.68. The van der Waals surface area contributed by atoms with Gasteiger partial charge in [0.15, 0.2) is 11.8 Å². The molecule has 0 aromatic carbocycles. The van der Waals surface area contributed by atoms with Crippen LogP contribution in [-0.4, -0.2) is 46.5 Å². The Balaban J connectivity index is 0.00000225. The van der Waals surface area contributed by atoms with Gasteiger partial charge < -0.3 is 15.4 Å². The van der Waals surface area contributed by atoms with Crippen LogP contribution in [0.3, 0.4) is 0 Å². The predicted octanol–water partition coefficient (Wildman–Crippen LogP) is 2.12. The second-order valence-corrected chi connectivity index (χ2v) is 6.15. The highest BCUT2D eigenvalue weighted by molar-refractivity contribution is 14.0. The largest absolute Gasteiger partial charge is 0.373 e. The smallest absolute Gasteiger partial charge is 0.191 e. The van der Waals surface area contributed by atoms with E-state index in [1.807, 2.05) is 24.4 Å². The van der Waals surface area contributed by atoms with Gasteiger partial charge in [-0.2, -0.15) is 5.10 Å². The number of halogens is 1. The fraction of sp³-hybridized carbons (Fsp3) is 0.471. The second kappa shape index (κ2) is 9.14. The third-order valence-electron chi connectivity index (χ3n) is 4.16. The normalized spacial score (nSPS) is 20.2. The van der Waals surface area contributed by atoms with Crippen molar-refractivity contribution in [1.82, 2.24) is 25.4 Å². The van der Waals surface area contributed by atoms with Crippen LogP contribution in [0, 0.1) is 0 Å². The third-order valence-corrected chi connectivity index (χ3v) is 4.16. The molecule has 0 radical (unpaired) electrons. The molecular formula is C17H25IN6O. The number of pyridine rings is 1. The van der Waals surface area contributed by atoms with Crippen molar-refractivity contribution < 1.29 is 4.74 Å². The summed E-state index contributed by atoms with van der Waals surface area (Å²) in [6.45, 7) is 4.40. The van der Waals surface area contributed by atoms with Crippen LogP contribution in [0.15, 0.2) is 41.8 Å². The predicted molar refractivity (Wildman–Crippen MR) is 109 cm³/mol. The van der Waals surface area contributed by atoms with Gasteiger partial charge in [0.2, 0.25) is 0 Å². The van der Waals surface area contributed by atoms with Gasteiger partial charge in [0.25, 0.3) is 0 Å². The van der Waals surface area contributed by atoms with Gasteiger partial charge in [-0.3, -0.25) is 4.99 Å². The molecule has 25 heavy (non-hydrogen) atoms. The lowest BCUT2D eigenvalue weighted by Crippen LogP contribution is -2.45. The molecule has 0 spiro atoms. The van der Waals surface area contributed by atoms with Crippen LogP contribution in [-0.2, 0) is 11.3 Å². The van der Waals surface area contributed by atoms with Crippen LogP contribution < -0.4 is 10.6 Å². The summed E-state index contributed by atoms with van der Waals surface area (Å²) in [7, 11) is 1.77. The van der Waals surface area contributed by atoms with Gasteiger partial charge in [-0.1, -0.05) is 0 Å². The van der Waals surface area contributed by atoms with E-state index in [1.54, 1.807) is 24.1 Å². The van der Waals surface area contributed by atoms with Gasteiger partial charge >= 0.3 is 0 Å². The second-order valence-electron chi connectivity index (χ2n) is 6.15. The van der Waals surface area contributed by atoms with E-state index in [-0.39, 0.29) is 29.6 Å². The minimum Gasteiger partial charge on any atom is -0.373 e. The number of guanidine groups is 1. The van der Waals surface area contributed by atoms with Crippen LogP contribution in [0.2, 0.25) is 0 Å². The Morgan fingerprint density at radius 1 is 1.40 bits per heavy atom. The van der Waals surface area contributed by atoms with E-state index in [0.29, 0.717) is 6.54 Å². The molecule has 0 amide bonds. The maximum atomic E-state index is 5.79. The summed E-state index contributed by atoms with van der Waals surface area (Å²) in [6.07, 6.45) is 7.61. The molecule has 2 aromatic heterocycles. The van der Waals surface area contributed by atoms with Crippen molar-refractivity contribution in [3.05, 3.63) is 42.4 Å². The molecule has 1 saturated heterocycles. The lowest BCUT2D eigenvalue weighted by atomic mass is 10.0. The zero-order valence-corrected chi connectivity index (χ0v) is 16.9. The van der Waals surface area contributed by atoms with Gasteiger partial charge in [-0.25, -0.2) is 9.67 Å². The average molecular weight is 456 g/mol. The van der Waals surface area contributed by atoms with E-state index in [2.05, 4.69) is 32.6 Å². The molecule has 1 fully saturated rings. The summed E-state index contributed by atoms with van der Waals surface area (Å²) in [5.41, 5.74) is 1.02. The number of nitrogens with zero attached hydrogens (tertiary/aromatic N) is 4. The van der Waals surface area contributed by atoms with Gasteiger partial charge in [-0.05, 0) is 43.5 Å². The first-order valence-corrected chi connectivity index (χ1v) is 8.22. The summed E-state index contributed by atoms with van der Waals surface area (Å²) in [4.78, 5) is 8.61. The average Bonchev–Trinajstić information content (AvgIpc) is 3.27. The van der Waals surface area contributed by atoms with Crippen molar-refractivity contribution in [2.24, 2.45) is 4.99 Å². The zero-order chi connectivity index (χ0) is 16.8. The molecule has 3 heterocycles. The topological polar surface area (TPSA) is 76.4 Å². The first-order chi connectivity index (χ1) is 11.7. The lowest BCUT2D eigenvalue weighted by molar-refractivity contribution is 0.0243. The summed E-state index contributed by atoms with van der Waals surface area (Å²) in [6, 6.07) is 5.87. The summed E-state index contributed by atoms with van der Waals surface area (Å²) in [5, 5.41) is 10.9. The maximum Gasteiger partial charge on any atom is 0.191 e. The summed E-state index contributed by atoms with van der Waals surface area (Å²) < 4.78 is 7.54.